The van der Waals surface area contributed by atoms with Crippen LogP contribution < -0.4 is 0 Å². The van der Waals surface area contributed by atoms with Crippen LogP contribution in [0.25, 0.3) is 6.08 Å². The van der Waals surface area contributed by atoms with Gasteiger partial charge in [0, 0.05) is 19.2 Å². The summed E-state index contributed by atoms with van der Waals surface area (Å²) in [6.45, 7) is 1.92. The number of esters is 1. The fourth-order valence-electron chi connectivity index (χ4n) is 2.18. The maximum absolute atomic E-state index is 11.5. The maximum atomic E-state index is 11.5. The van der Waals surface area contributed by atoms with Crippen molar-refractivity contribution in [1.29, 1.82) is 0 Å². The van der Waals surface area contributed by atoms with E-state index in [1.807, 2.05) is 6.20 Å². The second-order valence-electron chi connectivity index (χ2n) is 4.58. The lowest BCUT2D eigenvalue weighted by molar-refractivity contribution is -0.385. The Labute approximate surface area is 116 Å². The Bertz CT molecular complexity index is 548. The number of methoxy groups -OCH3 is 1. The first-order chi connectivity index (χ1) is 9.61. The lowest BCUT2D eigenvalue weighted by Crippen LogP contribution is -2.10. The molecule has 0 aromatic heterocycles. The van der Waals surface area contributed by atoms with Crippen LogP contribution in [0.4, 0.5) is 5.69 Å². The van der Waals surface area contributed by atoms with Crippen molar-refractivity contribution >= 4 is 17.7 Å². The monoisotopic (exact) mass is 276 g/mol. The average Bonchev–Trinajstić information content (AvgIpc) is 2.97. The van der Waals surface area contributed by atoms with Gasteiger partial charge in [-0.1, -0.05) is 0 Å². The zero-order chi connectivity index (χ0) is 14.5. The molecule has 20 heavy (non-hydrogen) atoms. The zero-order valence-electron chi connectivity index (χ0n) is 11.2. The van der Waals surface area contributed by atoms with Crippen molar-refractivity contribution in [3.05, 3.63) is 45.6 Å². The summed E-state index contributed by atoms with van der Waals surface area (Å²) in [7, 11) is 1.28. The predicted octanol–water partition coefficient (Wildman–Crippen LogP) is 2.45. The number of ether oxygens (including phenoxy) is 1. The molecular weight excluding hydrogens is 260 g/mol. The molecule has 6 nitrogen and oxygen atoms in total. The van der Waals surface area contributed by atoms with Gasteiger partial charge < -0.3 is 9.64 Å². The molecule has 1 aromatic carbocycles. The van der Waals surface area contributed by atoms with Crippen LogP contribution in [0.3, 0.4) is 0 Å². The van der Waals surface area contributed by atoms with Crippen LogP contribution in [-0.4, -0.2) is 36.0 Å². The van der Waals surface area contributed by atoms with E-state index in [4.69, 9.17) is 0 Å². The minimum Gasteiger partial charge on any atom is -0.465 e. The van der Waals surface area contributed by atoms with Gasteiger partial charge in [0.05, 0.1) is 23.2 Å². The van der Waals surface area contributed by atoms with Crippen LogP contribution in [0.1, 0.15) is 28.8 Å². The van der Waals surface area contributed by atoms with E-state index in [2.05, 4.69) is 9.64 Å². The molecule has 2 rings (SSSR count). The lowest BCUT2D eigenvalue weighted by atomic mass is 10.1. The first-order valence-corrected chi connectivity index (χ1v) is 6.41. The second-order valence-corrected chi connectivity index (χ2v) is 4.58. The average molecular weight is 276 g/mol. The highest BCUT2D eigenvalue weighted by Crippen LogP contribution is 2.22. The first kappa shape index (κ1) is 14.0. The minimum absolute atomic E-state index is 0.0203. The predicted molar refractivity (Wildman–Crippen MR) is 74.3 cm³/mol. The highest BCUT2D eigenvalue weighted by molar-refractivity contribution is 5.90. The number of nitro groups is 1. The van der Waals surface area contributed by atoms with E-state index in [0.29, 0.717) is 11.1 Å². The molecule has 0 bridgehead atoms. The quantitative estimate of drug-likeness (QED) is 0.480. The van der Waals surface area contributed by atoms with Crippen molar-refractivity contribution in [2.24, 2.45) is 0 Å². The van der Waals surface area contributed by atoms with E-state index < -0.39 is 10.9 Å². The van der Waals surface area contributed by atoms with Crippen LogP contribution in [0.5, 0.6) is 0 Å². The largest absolute Gasteiger partial charge is 0.465 e. The number of hydrogen-bond acceptors (Lipinski definition) is 5. The molecule has 0 spiro atoms. The topological polar surface area (TPSA) is 72.7 Å². The molecule has 1 fully saturated rings. The summed E-state index contributed by atoms with van der Waals surface area (Å²) in [6.07, 6.45) is 5.79. The molecule has 0 saturated carbocycles. The minimum atomic E-state index is -0.504. The molecule has 0 radical (unpaired) electrons. The summed E-state index contributed by atoms with van der Waals surface area (Å²) in [6, 6.07) is 4.21. The van der Waals surface area contributed by atoms with Gasteiger partial charge in [-0.15, -0.1) is 0 Å². The van der Waals surface area contributed by atoms with Gasteiger partial charge in [0.1, 0.15) is 0 Å². The van der Waals surface area contributed by atoms with E-state index in [9.17, 15) is 14.9 Å². The normalized spacial score (nSPS) is 14.8. The van der Waals surface area contributed by atoms with Gasteiger partial charge in [-0.3, -0.25) is 10.1 Å². The number of rotatable bonds is 4. The molecule has 0 atom stereocenters. The maximum Gasteiger partial charge on any atom is 0.337 e. The van der Waals surface area contributed by atoms with E-state index >= 15 is 0 Å². The van der Waals surface area contributed by atoms with Crippen LogP contribution in [0.2, 0.25) is 0 Å². The van der Waals surface area contributed by atoms with E-state index in [-0.39, 0.29) is 5.69 Å². The van der Waals surface area contributed by atoms with Crippen LogP contribution >= 0.6 is 0 Å². The Morgan fingerprint density at radius 3 is 2.70 bits per heavy atom. The number of nitro benzene ring substituents is 1. The molecule has 0 unspecified atom stereocenters. The van der Waals surface area contributed by atoms with Gasteiger partial charge in [-0.25, -0.2) is 4.79 Å². The molecule has 0 amide bonds. The van der Waals surface area contributed by atoms with Crippen molar-refractivity contribution in [2.75, 3.05) is 20.2 Å². The number of nitrogens with zero attached hydrogens (tertiary/aromatic N) is 2. The van der Waals surface area contributed by atoms with Gasteiger partial charge in [-0.05, 0) is 37.3 Å². The number of benzene rings is 1. The SMILES string of the molecule is COC(=O)c1ccc([N+](=O)[O-])c(/C=C/N2CCCC2)c1. The van der Waals surface area contributed by atoms with Gasteiger partial charge in [0.2, 0.25) is 0 Å². The molecule has 1 aliphatic rings. The Morgan fingerprint density at radius 2 is 2.10 bits per heavy atom. The highest BCUT2D eigenvalue weighted by Gasteiger charge is 2.16. The molecule has 106 valence electrons. The Morgan fingerprint density at radius 1 is 1.40 bits per heavy atom. The van der Waals surface area contributed by atoms with Crippen molar-refractivity contribution in [1.82, 2.24) is 4.90 Å². The third kappa shape index (κ3) is 3.14. The molecule has 1 aliphatic heterocycles. The van der Waals surface area contributed by atoms with Crippen LogP contribution in [-0.2, 0) is 4.74 Å². The number of carbonyl (C=O) groups excluding carboxylic acids is 1. The Kier molecular flexibility index (Phi) is 4.34. The number of carbonyl (C=O) groups is 1. The summed E-state index contributed by atoms with van der Waals surface area (Å²) < 4.78 is 4.63. The van der Waals surface area contributed by atoms with E-state index in [1.165, 1.54) is 25.3 Å². The molecule has 6 heteroatoms. The zero-order valence-corrected chi connectivity index (χ0v) is 11.2. The van der Waals surface area contributed by atoms with Crippen molar-refractivity contribution < 1.29 is 14.5 Å². The Hall–Kier alpha value is -2.37. The molecule has 1 saturated heterocycles. The summed E-state index contributed by atoms with van der Waals surface area (Å²) in [5.41, 5.74) is 0.692. The molecular formula is C14H16N2O4. The molecule has 1 heterocycles. The van der Waals surface area contributed by atoms with Crippen LogP contribution in [0, 0.1) is 10.1 Å². The van der Waals surface area contributed by atoms with E-state index in [1.54, 1.807) is 6.08 Å². The van der Waals surface area contributed by atoms with Gasteiger partial charge in [-0.2, -0.15) is 0 Å². The van der Waals surface area contributed by atoms with Crippen molar-refractivity contribution in [3.63, 3.8) is 0 Å². The molecule has 1 aromatic rings. The Balaban J connectivity index is 2.31. The standard InChI is InChI=1S/C14H16N2O4/c1-20-14(17)12-4-5-13(16(18)19)11(10-12)6-9-15-7-2-3-8-15/h4-6,9-10H,2-3,7-8H2,1H3/b9-6+. The smallest absolute Gasteiger partial charge is 0.337 e. The highest BCUT2D eigenvalue weighted by atomic mass is 16.6. The first-order valence-electron chi connectivity index (χ1n) is 6.41. The lowest BCUT2D eigenvalue weighted by Gasteiger charge is -2.10. The fourth-order valence-corrected chi connectivity index (χ4v) is 2.18. The fraction of sp³-hybridized carbons (Fsp3) is 0.357. The third-order valence-corrected chi connectivity index (χ3v) is 3.25. The van der Waals surface area contributed by atoms with Gasteiger partial charge >= 0.3 is 5.97 Å². The second kappa shape index (κ2) is 6.18. The van der Waals surface area contributed by atoms with Gasteiger partial charge in [0.25, 0.3) is 5.69 Å². The summed E-state index contributed by atoms with van der Waals surface area (Å²) in [5, 5.41) is 11.0. The number of likely N-dealkylation sites (tertiary alicyclic amines) is 1. The van der Waals surface area contributed by atoms with E-state index in [0.717, 1.165) is 25.9 Å². The third-order valence-electron chi connectivity index (χ3n) is 3.25. The van der Waals surface area contributed by atoms with Crippen molar-refractivity contribution in [3.8, 4) is 0 Å². The molecule has 0 N–H and O–H groups in total. The summed E-state index contributed by atoms with van der Waals surface area (Å²) in [4.78, 5) is 24.1. The van der Waals surface area contributed by atoms with Crippen LogP contribution in [0.15, 0.2) is 24.4 Å². The summed E-state index contributed by atoms with van der Waals surface area (Å²) >= 11 is 0. The van der Waals surface area contributed by atoms with Crippen molar-refractivity contribution in [2.45, 2.75) is 12.8 Å². The molecule has 0 aliphatic carbocycles. The summed E-state index contributed by atoms with van der Waals surface area (Å²) in [5.74, 6) is -0.504. The van der Waals surface area contributed by atoms with Gasteiger partial charge in [0.15, 0.2) is 0 Å². The number of hydrogen-bond donors (Lipinski definition) is 0.